The number of aromatic nitrogens is 3. The molecule has 0 spiro atoms. The summed E-state index contributed by atoms with van der Waals surface area (Å²) in [7, 11) is 0. The highest BCUT2D eigenvalue weighted by Crippen LogP contribution is 2.27. The average molecular weight is 446 g/mol. The summed E-state index contributed by atoms with van der Waals surface area (Å²) in [4.78, 5) is 12.4. The summed E-state index contributed by atoms with van der Waals surface area (Å²) in [6.45, 7) is 1.23. The summed E-state index contributed by atoms with van der Waals surface area (Å²) in [5.74, 6) is 0.838. The fourth-order valence-electron chi connectivity index (χ4n) is 3.74. The van der Waals surface area contributed by atoms with E-state index in [2.05, 4.69) is 20.1 Å². The van der Waals surface area contributed by atoms with Crippen LogP contribution >= 0.6 is 24.8 Å². The van der Waals surface area contributed by atoms with E-state index in [-0.39, 0.29) is 42.5 Å². The van der Waals surface area contributed by atoms with Gasteiger partial charge in [-0.1, -0.05) is 6.42 Å². The molecular weight excluding hydrogens is 420 g/mol. The quantitative estimate of drug-likeness (QED) is 0.753. The lowest BCUT2D eigenvalue weighted by Gasteiger charge is -2.14. The monoisotopic (exact) mass is 445 g/mol. The minimum absolute atomic E-state index is 0. The highest BCUT2D eigenvalue weighted by atomic mass is 35.5. The van der Waals surface area contributed by atoms with Crippen LogP contribution in [0.15, 0.2) is 18.2 Å². The first-order chi connectivity index (χ1) is 13.2. The maximum atomic E-state index is 14.3. The van der Waals surface area contributed by atoms with Gasteiger partial charge in [0.15, 0.2) is 5.82 Å². The summed E-state index contributed by atoms with van der Waals surface area (Å²) >= 11 is 0. The van der Waals surface area contributed by atoms with Crippen LogP contribution in [0, 0.1) is 5.82 Å². The molecule has 0 bridgehead atoms. The van der Waals surface area contributed by atoms with Crippen molar-refractivity contribution >= 4 is 36.4 Å². The zero-order valence-electron chi connectivity index (χ0n) is 16.0. The number of amides is 1. The molecule has 3 N–H and O–H groups in total. The molecule has 0 radical (unpaired) electrons. The van der Waals surface area contributed by atoms with E-state index < -0.39 is 11.9 Å². The number of hydrogen-bond donors (Lipinski definition) is 2. The molecule has 2 atom stereocenters. The van der Waals surface area contributed by atoms with E-state index in [1.807, 2.05) is 0 Å². The van der Waals surface area contributed by atoms with E-state index in [0.717, 1.165) is 43.6 Å². The molecule has 1 aromatic carbocycles. The third kappa shape index (κ3) is 5.06. The number of rotatable bonds is 4. The molecule has 4 rings (SSSR count). The fraction of sp³-hybridized carbons (Fsp3) is 0.526. The lowest BCUT2D eigenvalue weighted by molar-refractivity contribution is -0.126. The molecule has 0 aliphatic carbocycles. The standard InChI is InChI=1S/C19H24FN5O2.2ClH/c20-14-7-5-12(18-24-23-17-4-2-1-3-9-25(17)18)10-15(14)22-19(26)16-8-6-13(11-21)27-16;;/h5,7,10,13,16H,1-4,6,8-9,11,21H2,(H,22,26);2*1H/t13-,16+;;/m1../s1. The van der Waals surface area contributed by atoms with E-state index >= 15 is 0 Å². The van der Waals surface area contributed by atoms with Crippen molar-refractivity contribution in [2.24, 2.45) is 5.73 Å². The van der Waals surface area contributed by atoms with Crippen molar-refractivity contribution in [3.8, 4) is 11.4 Å². The van der Waals surface area contributed by atoms with Crippen molar-refractivity contribution < 1.29 is 13.9 Å². The van der Waals surface area contributed by atoms with Gasteiger partial charge in [0.05, 0.1) is 11.8 Å². The van der Waals surface area contributed by atoms with E-state index in [0.29, 0.717) is 18.8 Å². The Morgan fingerprint density at radius 2 is 2.07 bits per heavy atom. The molecule has 1 amide bonds. The van der Waals surface area contributed by atoms with Gasteiger partial charge in [-0.3, -0.25) is 4.79 Å². The minimum atomic E-state index is -0.592. The van der Waals surface area contributed by atoms with Gasteiger partial charge < -0.3 is 20.4 Å². The molecule has 0 unspecified atom stereocenters. The van der Waals surface area contributed by atoms with Crippen molar-refractivity contribution in [2.75, 3.05) is 11.9 Å². The van der Waals surface area contributed by atoms with Crippen LogP contribution in [-0.2, 0) is 22.5 Å². The Hall–Kier alpha value is -1.74. The maximum Gasteiger partial charge on any atom is 0.253 e. The molecule has 29 heavy (non-hydrogen) atoms. The summed E-state index contributed by atoms with van der Waals surface area (Å²) in [5.41, 5.74) is 6.45. The highest BCUT2D eigenvalue weighted by Gasteiger charge is 2.30. The number of hydrogen-bond acceptors (Lipinski definition) is 5. The zero-order valence-corrected chi connectivity index (χ0v) is 17.6. The third-order valence-corrected chi connectivity index (χ3v) is 5.25. The normalized spacial score (nSPS) is 20.8. The van der Waals surface area contributed by atoms with Crippen LogP contribution in [-0.4, -0.2) is 39.4 Å². The second-order valence-corrected chi connectivity index (χ2v) is 7.15. The molecular formula is C19H26Cl2FN5O2. The van der Waals surface area contributed by atoms with Crippen LogP contribution in [0.1, 0.15) is 37.9 Å². The first kappa shape index (κ1) is 23.5. The molecule has 1 saturated heterocycles. The number of nitrogens with one attached hydrogen (secondary N) is 1. The number of benzene rings is 1. The Morgan fingerprint density at radius 1 is 1.24 bits per heavy atom. The SMILES string of the molecule is Cl.Cl.NC[C@H]1CC[C@@H](C(=O)Nc2cc(-c3nnc4n3CCCCC4)ccc2F)O1. The van der Waals surface area contributed by atoms with Crippen LogP contribution in [0.5, 0.6) is 0 Å². The molecule has 1 aromatic heterocycles. The van der Waals surface area contributed by atoms with E-state index in [4.69, 9.17) is 10.5 Å². The number of anilines is 1. The van der Waals surface area contributed by atoms with Gasteiger partial charge in [-0.05, 0) is 43.9 Å². The molecule has 0 saturated carbocycles. The Morgan fingerprint density at radius 3 is 2.83 bits per heavy atom. The number of carbonyl (C=O) groups is 1. The predicted octanol–water partition coefficient (Wildman–Crippen LogP) is 3.10. The molecule has 10 heteroatoms. The Balaban J connectivity index is 0.00000150. The summed E-state index contributed by atoms with van der Waals surface area (Å²) < 4.78 is 22.0. The topological polar surface area (TPSA) is 95.1 Å². The average Bonchev–Trinajstić information content (AvgIpc) is 3.25. The lowest BCUT2D eigenvalue weighted by Crippen LogP contribution is -2.30. The van der Waals surface area contributed by atoms with Gasteiger partial charge in [0.1, 0.15) is 17.7 Å². The number of halogens is 3. The first-order valence-electron chi connectivity index (χ1n) is 9.54. The van der Waals surface area contributed by atoms with Crippen molar-refractivity contribution in [3.05, 3.63) is 29.8 Å². The lowest BCUT2D eigenvalue weighted by atomic mass is 10.1. The van der Waals surface area contributed by atoms with Gasteiger partial charge in [0.25, 0.3) is 5.91 Å². The summed E-state index contributed by atoms with van der Waals surface area (Å²) in [5, 5.41) is 11.2. The number of nitrogens with zero attached hydrogens (tertiary/aromatic N) is 3. The smallest absolute Gasteiger partial charge is 0.253 e. The van der Waals surface area contributed by atoms with Gasteiger partial charge in [-0.2, -0.15) is 0 Å². The van der Waals surface area contributed by atoms with E-state index in [1.165, 1.54) is 12.5 Å². The molecule has 2 aromatic rings. The maximum absolute atomic E-state index is 14.3. The third-order valence-electron chi connectivity index (χ3n) is 5.25. The molecule has 160 valence electrons. The van der Waals surface area contributed by atoms with Gasteiger partial charge in [0, 0.05) is 25.1 Å². The van der Waals surface area contributed by atoms with Crippen LogP contribution in [0.3, 0.4) is 0 Å². The second kappa shape index (κ2) is 10.3. The number of aryl methyl sites for hydroxylation is 1. The van der Waals surface area contributed by atoms with Crippen molar-refractivity contribution in [1.82, 2.24) is 14.8 Å². The van der Waals surface area contributed by atoms with Gasteiger partial charge in [0.2, 0.25) is 0 Å². The van der Waals surface area contributed by atoms with Gasteiger partial charge >= 0.3 is 0 Å². The Labute approximate surface area is 181 Å². The molecule has 7 nitrogen and oxygen atoms in total. The van der Waals surface area contributed by atoms with Crippen LogP contribution in [0.2, 0.25) is 0 Å². The first-order valence-corrected chi connectivity index (χ1v) is 9.54. The molecule has 2 aliphatic rings. The number of nitrogens with two attached hydrogens (primary N) is 1. The van der Waals surface area contributed by atoms with Gasteiger partial charge in [-0.25, -0.2) is 4.39 Å². The van der Waals surface area contributed by atoms with Crippen molar-refractivity contribution in [2.45, 2.75) is 57.3 Å². The van der Waals surface area contributed by atoms with Crippen molar-refractivity contribution in [3.63, 3.8) is 0 Å². The molecule has 2 aliphatic heterocycles. The number of ether oxygens (including phenoxy) is 1. The minimum Gasteiger partial charge on any atom is -0.364 e. The van der Waals surface area contributed by atoms with Crippen LogP contribution < -0.4 is 11.1 Å². The summed E-state index contributed by atoms with van der Waals surface area (Å²) in [6.07, 6.45) is 4.88. The highest BCUT2D eigenvalue weighted by molar-refractivity contribution is 5.95. The number of fused-ring (bicyclic) bond motifs is 1. The fourth-order valence-corrected chi connectivity index (χ4v) is 3.74. The Bertz CT molecular complexity index is 848. The van der Waals surface area contributed by atoms with Gasteiger partial charge in [-0.15, -0.1) is 35.0 Å². The zero-order chi connectivity index (χ0) is 18.8. The molecule has 3 heterocycles. The largest absolute Gasteiger partial charge is 0.364 e. The van der Waals surface area contributed by atoms with Crippen LogP contribution in [0.4, 0.5) is 10.1 Å². The molecule has 1 fully saturated rings. The van der Waals surface area contributed by atoms with Crippen LogP contribution in [0.25, 0.3) is 11.4 Å². The van der Waals surface area contributed by atoms with Crippen molar-refractivity contribution in [1.29, 1.82) is 0 Å². The summed E-state index contributed by atoms with van der Waals surface area (Å²) in [6, 6.07) is 4.63. The Kier molecular flexibility index (Phi) is 8.39. The number of carbonyl (C=O) groups excluding carboxylic acids is 1. The second-order valence-electron chi connectivity index (χ2n) is 7.15. The van der Waals surface area contributed by atoms with E-state index in [9.17, 15) is 9.18 Å². The van der Waals surface area contributed by atoms with E-state index in [1.54, 1.807) is 12.1 Å². The predicted molar refractivity (Wildman–Crippen MR) is 113 cm³/mol.